The van der Waals surface area contributed by atoms with Gasteiger partial charge >= 0.3 is 0 Å². The summed E-state index contributed by atoms with van der Waals surface area (Å²) in [4.78, 5) is -0.144. The molecule has 0 saturated heterocycles. The highest BCUT2D eigenvalue weighted by atomic mass is 32.2. The second-order valence-corrected chi connectivity index (χ2v) is 6.08. The van der Waals surface area contributed by atoms with E-state index in [4.69, 9.17) is 4.74 Å². The fraction of sp³-hybridized carbons (Fsp3) is 0.200. The van der Waals surface area contributed by atoms with Gasteiger partial charge in [-0.2, -0.15) is 8.42 Å². The molecule has 0 unspecified atom stereocenters. The molecule has 0 aromatic heterocycles. The van der Waals surface area contributed by atoms with Crippen molar-refractivity contribution in [3.63, 3.8) is 0 Å². The van der Waals surface area contributed by atoms with Crippen LogP contribution in [0.3, 0.4) is 0 Å². The minimum atomic E-state index is -4.24. The minimum Gasteiger partial charge on any atom is -0.496 e. The van der Waals surface area contributed by atoms with Crippen LogP contribution in [0, 0.1) is 13.8 Å². The Bertz CT molecular complexity index is 748. The van der Waals surface area contributed by atoms with Crippen molar-refractivity contribution in [1.82, 2.24) is 0 Å². The predicted molar refractivity (Wildman–Crippen MR) is 77.7 cm³/mol. The van der Waals surface area contributed by atoms with Gasteiger partial charge in [-0.05, 0) is 43.2 Å². The summed E-state index contributed by atoms with van der Waals surface area (Å²) in [6, 6.07) is 10.2. The first-order valence-corrected chi connectivity index (χ1v) is 7.50. The summed E-state index contributed by atoms with van der Waals surface area (Å²) in [5.74, 6) is 0.561. The molecule has 106 valence electrons. The van der Waals surface area contributed by atoms with E-state index in [1.54, 1.807) is 6.07 Å². The third-order valence-electron chi connectivity index (χ3n) is 3.15. The lowest BCUT2D eigenvalue weighted by Gasteiger charge is -2.13. The van der Waals surface area contributed by atoms with Gasteiger partial charge < -0.3 is 4.74 Å². The first-order chi connectivity index (χ1) is 9.32. The standard InChI is InChI=1S/C15H16O4S/c1-10-4-5-11(2)13(8-10)14-9-12(20(16,17)18)6-7-15(14)19-3/h4-9H,1-3H3,(H,16,17,18). The third kappa shape index (κ3) is 2.84. The first-order valence-electron chi connectivity index (χ1n) is 6.06. The maximum atomic E-state index is 11.3. The Balaban J connectivity index is 2.74. The van der Waals surface area contributed by atoms with Gasteiger partial charge in [0, 0.05) is 5.56 Å². The fourth-order valence-corrected chi connectivity index (χ4v) is 2.59. The van der Waals surface area contributed by atoms with Crippen LogP contribution in [0.15, 0.2) is 41.3 Å². The normalized spacial score (nSPS) is 11.4. The number of aryl methyl sites for hydroxylation is 2. The van der Waals surface area contributed by atoms with Gasteiger partial charge in [0.2, 0.25) is 0 Å². The van der Waals surface area contributed by atoms with Crippen molar-refractivity contribution in [2.24, 2.45) is 0 Å². The van der Waals surface area contributed by atoms with E-state index in [2.05, 4.69) is 0 Å². The maximum absolute atomic E-state index is 11.3. The van der Waals surface area contributed by atoms with Crippen molar-refractivity contribution in [1.29, 1.82) is 0 Å². The summed E-state index contributed by atoms with van der Waals surface area (Å²) >= 11 is 0. The molecule has 5 heteroatoms. The van der Waals surface area contributed by atoms with Gasteiger partial charge in [-0.25, -0.2) is 0 Å². The van der Waals surface area contributed by atoms with Gasteiger partial charge in [0.15, 0.2) is 0 Å². The molecule has 2 rings (SSSR count). The molecule has 0 fully saturated rings. The molecule has 0 atom stereocenters. The lowest BCUT2D eigenvalue weighted by Crippen LogP contribution is -2.00. The van der Waals surface area contributed by atoms with Gasteiger partial charge in [-0.3, -0.25) is 4.55 Å². The summed E-state index contributed by atoms with van der Waals surface area (Å²) in [5, 5.41) is 0. The summed E-state index contributed by atoms with van der Waals surface area (Å²) in [6.07, 6.45) is 0. The Kier molecular flexibility index (Phi) is 3.83. The van der Waals surface area contributed by atoms with Crippen LogP contribution >= 0.6 is 0 Å². The van der Waals surface area contributed by atoms with Crippen LogP contribution in [-0.4, -0.2) is 20.1 Å². The molecule has 0 saturated carbocycles. The number of benzene rings is 2. The first kappa shape index (κ1) is 14.6. The van der Waals surface area contributed by atoms with Crippen LogP contribution in [0.5, 0.6) is 5.75 Å². The lowest BCUT2D eigenvalue weighted by molar-refractivity contribution is 0.416. The molecule has 1 N–H and O–H groups in total. The number of hydrogen-bond donors (Lipinski definition) is 1. The highest BCUT2D eigenvalue weighted by Crippen LogP contribution is 2.34. The van der Waals surface area contributed by atoms with Crippen LogP contribution in [0.25, 0.3) is 11.1 Å². The van der Waals surface area contributed by atoms with Crippen LogP contribution in [0.2, 0.25) is 0 Å². The van der Waals surface area contributed by atoms with Crippen molar-refractivity contribution in [2.45, 2.75) is 18.7 Å². The van der Waals surface area contributed by atoms with E-state index in [1.807, 2.05) is 32.0 Å². The zero-order valence-corrected chi connectivity index (χ0v) is 12.4. The highest BCUT2D eigenvalue weighted by Gasteiger charge is 2.15. The molecule has 20 heavy (non-hydrogen) atoms. The van der Waals surface area contributed by atoms with Crippen LogP contribution in [0.4, 0.5) is 0 Å². The van der Waals surface area contributed by atoms with Gasteiger partial charge in [-0.15, -0.1) is 0 Å². The summed E-state index contributed by atoms with van der Waals surface area (Å²) in [6.45, 7) is 3.90. The number of methoxy groups -OCH3 is 1. The van der Waals surface area contributed by atoms with Crippen molar-refractivity contribution in [2.75, 3.05) is 7.11 Å². The zero-order valence-electron chi connectivity index (χ0n) is 11.5. The molecule has 0 radical (unpaired) electrons. The van der Waals surface area contributed by atoms with Crippen molar-refractivity contribution >= 4 is 10.1 Å². The summed E-state index contributed by atoms with van der Waals surface area (Å²) in [5.41, 5.74) is 3.59. The molecule has 4 nitrogen and oxygen atoms in total. The van der Waals surface area contributed by atoms with Crippen LogP contribution in [0.1, 0.15) is 11.1 Å². The van der Waals surface area contributed by atoms with E-state index < -0.39 is 10.1 Å². The second-order valence-electron chi connectivity index (χ2n) is 4.66. The van der Waals surface area contributed by atoms with Crippen LogP contribution in [-0.2, 0) is 10.1 Å². The molecule has 0 heterocycles. The second kappa shape index (κ2) is 5.26. The molecule has 2 aromatic carbocycles. The largest absolute Gasteiger partial charge is 0.496 e. The smallest absolute Gasteiger partial charge is 0.294 e. The number of rotatable bonds is 3. The van der Waals surface area contributed by atoms with Crippen molar-refractivity contribution < 1.29 is 17.7 Å². The van der Waals surface area contributed by atoms with Gasteiger partial charge in [0.1, 0.15) is 5.75 Å². The van der Waals surface area contributed by atoms with Gasteiger partial charge in [0.05, 0.1) is 12.0 Å². The molecule has 0 aliphatic rings. The van der Waals surface area contributed by atoms with Crippen molar-refractivity contribution in [3.05, 3.63) is 47.5 Å². The van der Waals surface area contributed by atoms with E-state index >= 15 is 0 Å². The third-order valence-corrected chi connectivity index (χ3v) is 4.00. The molecule has 0 spiro atoms. The molecule has 0 bridgehead atoms. The van der Waals surface area contributed by atoms with E-state index in [0.29, 0.717) is 11.3 Å². The zero-order chi connectivity index (χ0) is 14.9. The Hall–Kier alpha value is -1.85. The van der Waals surface area contributed by atoms with E-state index in [9.17, 15) is 13.0 Å². The van der Waals surface area contributed by atoms with Crippen LogP contribution < -0.4 is 4.74 Å². The Morgan fingerprint density at radius 3 is 2.30 bits per heavy atom. The number of hydrogen-bond acceptors (Lipinski definition) is 3. The fourth-order valence-electron chi connectivity index (χ4n) is 2.08. The molecule has 2 aromatic rings. The topological polar surface area (TPSA) is 63.6 Å². The molecule has 0 aliphatic carbocycles. The molecular weight excluding hydrogens is 276 g/mol. The highest BCUT2D eigenvalue weighted by molar-refractivity contribution is 7.85. The van der Waals surface area contributed by atoms with E-state index in [-0.39, 0.29) is 4.90 Å². The lowest BCUT2D eigenvalue weighted by atomic mass is 9.98. The summed E-state index contributed by atoms with van der Waals surface area (Å²) in [7, 11) is -2.71. The maximum Gasteiger partial charge on any atom is 0.294 e. The average molecular weight is 292 g/mol. The minimum absolute atomic E-state index is 0.144. The van der Waals surface area contributed by atoms with Crippen molar-refractivity contribution in [3.8, 4) is 16.9 Å². The summed E-state index contributed by atoms with van der Waals surface area (Å²) < 4.78 is 37.0. The van der Waals surface area contributed by atoms with E-state index in [0.717, 1.165) is 16.7 Å². The van der Waals surface area contributed by atoms with Gasteiger partial charge in [-0.1, -0.05) is 23.8 Å². The Labute approximate surface area is 118 Å². The monoisotopic (exact) mass is 292 g/mol. The molecule has 0 amide bonds. The molecule has 0 aliphatic heterocycles. The quantitative estimate of drug-likeness (QED) is 0.882. The van der Waals surface area contributed by atoms with E-state index in [1.165, 1.54) is 19.2 Å². The molecular formula is C15H16O4S. The average Bonchev–Trinajstić information content (AvgIpc) is 2.40. The SMILES string of the molecule is COc1ccc(S(=O)(=O)O)cc1-c1cc(C)ccc1C. The number of ether oxygens (including phenoxy) is 1. The Morgan fingerprint density at radius 1 is 1.00 bits per heavy atom. The Morgan fingerprint density at radius 2 is 1.70 bits per heavy atom. The van der Waals surface area contributed by atoms with Gasteiger partial charge in [0.25, 0.3) is 10.1 Å². The predicted octanol–water partition coefficient (Wildman–Crippen LogP) is 3.23.